The van der Waals surface area contributed by atoms with Crippen LogP contribution in [0.2, 0.25) is 0 Å². The summed E-state index contributed by atoms with van der Waals surface area (Å²) in [5, 5.41) is 8.86. The van der Waals surface area contributed by atoms with Crippen molar-refractivity contribution in [3.63, 3.8) is 0 Å². The van der Waals surface area contributed by atoms with E-state index >= 15 is 0 Å². The van der Waals surface area contributed by atoms with Crippen LogP contribution in [-0.4, -0.2) is 35.4 Å². The summed E-state index contributed by atoms with van der Waals surface area (Å²) in [5.74, 6) is -0.928. The van der Waals surface area contributed by atoms with E-state index in [1.54, 1.807) is 0 Å². The Hall–Kier alpha value is -1.82. The van der Waals surface area contributed by atoms with Crippen LogP contribution >= 0.6 is 0 Å². The first-order chi connectivity index (χ1) is 7.68. The van der Waals surface area contributed by atoms with Gasteiger partial charge in [0, 0.05) is 12.6 Å². The van der Waals surface area contributed by atoms with Crippen LogP contribution in [0.4, 0.5) is 5.69 Å². The van der Waals surface area contributed by atoms with E-state index in [0.29, 0.717) is 13.2 Å². The molecule has 1 saturated heterocycles. The van der Waals surface area contributed by atoms with Gasteiger partial charge in [0.15, 0.2) is 0 Å². The zero-order valence-electron chi connectivity index (χ0n) is 8.55. The van der Waals surface area contributed by atoms with E-state index in [4.69, 9.17) is 20.3 Å². The second kappa shape index (κ2) is 4.36. The van der Waals surface area contributed by atoms with Gasteiger partial charge in [0.25, 0.3) is 0 Å². The quantitative estimate of drug-likeness (QED) is 0.777. The van der Waals surface area contributed by atoms with Gasteiger partial charge in [-0.05, 0) is 6.07 Å². The van der Waals surface area contributed by atoms with Gasteiger partial charge in [0.2, 0.25) is 5.88 Å². The number of nitrogen functional groups attached to an aromatic ring is 1. The van der Waals surface area contributed by atoms with Crippen molar-refractivity contribution in [2.75, 3.05) is 18.9 Å². The Kier molecular flexibility index (Phi) is 2.91. The molecule has 86 valence electrons. The third-order valence-electron chi connectivity index (χ3n) is 2.35. The van der Waals surface area contributed by atoms with E-state index < -0.39 is 5.97 Å². The number of carboxylic acid groups (broad SMARTS) is 1. The van der Waals surface area contributed by atoms with Crippen molar-refractivity contribution < 1.29 is 19.4 Å². The summed E-state index contributed by atoms with van der Waals surface area (Å²) in [5.41, 5.74) is 5.71. The average Bonchev–Trinajstić information content (AvgIpc) is 2.73. The molecule has 1 unspecified atom stereocenters. The smallest absolute Gasteiger partial charge is 0.338 e. The molecule has 1 aromatic rings. The molecule has 0 aromatic carbocycles. The van der Waals surface area contributed by atoms with E-state index in [1.807, 2.05) is 0 Å². The number of nitrogens with two attached hydrogens (primary N) is 1. The van der Waals surface area contributed by atoms with Crippen LogP contribution in [0, 0.1) is 0 Å². The molecular formula is C10H12N2O4. The van der Waals surface area contributed by atoms with Crippen molar-refractivity contribution in [1.82, 2.24) is 4.98 Å². The first-order valence-electron chi connectivity index (χ1n) is 4.90. The van der Waals surface area contributed by atoms with Crippen LogP contribution in [0.25, 0.3) is 0 Å². The highest BCUT2D eigenvalue weighted by Gasteiger charge is 2.20. The van der Waals surface area contributed by atoms with Crippen LogP contribution in [0.3, 0.4) is 0 Å². The number of aromatic carboxylic acids is 1. The first-order valence-corrected chi connectivity index (χ1v) is 4.90. The van der Waals surface area contributed by atoms with Gasteiger partial charge < -0.3 is 20.3 Å². The van der Waals surface area contributed by atoms with Gasteiger partial charge in [-0.25, -0.2) is 9.78 Å². The lowest BCUT2D eigenvalue weighted by atomic mass is 10.2. The number of aromatic nitrogens is 1. The summed E-state index contributed by atoms with van der Waals surface area (Å²) < 4.78 is 10.6. The maximum absolute atomic E-state index is 10.8. The molecule has 1 aliphatic rings. The molecule has 3 N–H and O–H groups in total. The second-order valence-corrected chi connectivity index (χ2v) is 3.49. The number of carboxylic acids is 1. The Labute approximate surface area is 92.0 Å². The maximum atomic E-state index is 10.8. The molecule has 0 aliphatic carbocycles. The van der Waals surface area contributed by atoms with E-state index in [9.17, 15) is 4.79 Å². The summed E-state index contributed by atoms with van der Waals surface area (Å²) in [7, 11) is 0. The van der Waals surface area contributed by atoms with Gasteiger partial charge >= 0.3 is 5.97 Å². The summed E-state index contributed by atoms with van der Waals surface area (Å²) >= 11 is 0. The summed E-state index contributed by atoms with van der Waals surface area (Å²) in [6.07, 6.45) is 2.03. The minimum absolute atomic E-state index is 0.00363. The fraction of sp³-hybridized carbons (Fsp3) is 0.400. The third kappa shape index (κ3) is 2.06. The van der Waals surface area contributed by atoms with Crippen LogP contribution in [0.5, 0.6) is 5.88 Å². The van der Waals surface area contributed by atoms with Gasteiger partial charge in [-0.3, -0.25) is 0 Å². The first kappa shape index (κ1) is 10.7. The highest BCUT2D eigenvalue weighted by atomic mass is 16.5. The molecule has 1 fully saturated rings. The number of ether oxygens (including phenoxy) is 2. The van der Waals surface area contributed by atoms with Crippen molar-refractivity contribution in [2.24, 2.45) is 0 Å². The van der Waals surface area contributed by atoms with E-state index in [2.05, 4.69) is 4.98 Å². The van der Waals surface area contributed by atoms with Crippen molar-refractivity contribution in [3.8, 4) is 5.88 Å². The summed E-state index contributed by atoms with van der Waals surface area (Å²) in [6, 6.07) is 1.34. The Balaban J connectivity index is 2.20. The van der Waals surface area contributed by atoms with Crippen LogP contribution in [0.15, 0.2) is 12.3 Å². The van der Waals surface area contributed by atoms with Gasteiger partial charge in [-0.2, -0.15) is 0 Å². The van der Waals surface area contributed by atoms with Crippen LogP contribution in [0.1, 0.15) is 16.8 Å². The molecule has 0 saturated carbocycles. The predicted octanol–water partition coefficient (Wildman–Crippen LogP) is 0.530. The lowest BCUT2D eigenvalue weighted by Gasteiger charge is -2.13. The Morgan fingerprint density at radius 2 is 2.50 bits per heavy atom. The number of pyridine rings is 1. The molecule has 6 heteroatoms. The molecule has 1 atom stereocenters. The lowest BCUT2D eigenvalue weighted by molar-refractivity contribution is 0.0697. The Morgan fingerprint density at radius 3 is 3.12 bits per heavy atom. The number of rotatable bonds is 3. The number of hydrogen-bond acceptors (Lipinski definition) is 5. The minimum Gasteiger partial charge on any atom is -0.478 e. The molecule has 0 radical (unpaired) electrons. The highest BCUT2D eigenvalue weighted by Crippen LogP contribution is 2.24. The minimum atomic E-state index is -1.09. The molecule has 0 amide bonds. The molecule has 1 aliphatic heterocycles. The van der Waals surface area contributed by atoms with Gasteiger partial charge in [0.05, 0.1) is 18.8 Å². The van der Waals surface area contributed by atoms with E-state index in [1.165, 1.54) is 12.3 Å². The van der Waals surface area contributed by atoms with Crippen molar-refractivity contribution in [1.29, 1.82) is 0 Å². The van der Waals surface area contributed by atoms with Crippen molar-refractivity contribution >= 4 is 11.7 Å². The number of anilines is 1. The zero-order valence-corrected chi connectivity index (χ0v) is 8.55. The van der Waals surface area contributed by atoms with Gasteiger partial charge in [-0.1, -0.05) is 0 Å². The number of hydrogen-bond donors (Lipinski definition) is 2. The fourth-order valence-electron chi connectivity index (χ4n) is 1.50. The molecule has 2 heterocycles. The molecule has 16 heavy (non-hydrogen) atoms. The molecule has 2 rings (SSSR count). The van der Waals surface area contributed by atoms with Gasteiger partial charge in [-0.15, -0.1) is 0 Å². The monoisotopic (exact) mass is 224 g/mol. The SMILES string of the molecule is Nc1c(C(=O)O)ccnc1OC1CCOC1. The third-order valence-corrected chi connectivity index (χ3v) is 2.35. The Morgan fingerprint density at radius 1 is 1.69 bits per heavy atom. The number of nitrogens with zero attached hydrogens (tertiary/aromatic N) is 1. The average molecular weight is 224 g/mol. The van der Waals surface area contributed by atoms with Crippen LogP contribution < -0.4 is 10.5 Å². The largest absolute Gasteiger partial charge is 0.478 e. The zero-order chi connectivity index (χ0) is 11.5. The topological polar surface area (TPSA) is 94.7 Å². The Bertz CT molecular complexity index is 402. The second-order valence-electron chi connectivity index (χ2n) is 3.49. The van der Waals surface area contributed by atoms with Gasteiger partial charge in [0.1, 0.15) is 11.8 Å². The molecule has 0 spiro atoms. The lowest BCUT2D eigenvalue weighted by Crippen LogP contribution is -2.18. The van der Waals surface area contributed by atoms with E-state index in [0.717, 1.165) is 6.42 Å². The molecule has 0 bridgehead atoms. The highest BCUT2D eigenvalue weighted by molar-refractivity contribution is 5.94. The molecular weight excluding hydrogens is 212 g/mol. The fourth-order valence-corrected chi connectivity index (χ4v) is 1.50. The number of carbonyl (C=O) groups is 1. The van der Waals surface area contributed by atoms with Crippen LogP contribution in [-0.2, 0) is 4.74 Å². The van der Waals surface area contributed by atoms with E-state index in [-0.39, 0.29) is 23.2 Å². The van der Waals surface area contributed by atoms with Crippen molar-refractivity contribution in [2.45, 2.75) is 12.5 Å². The maximum Gasteiger partial charge on any atom is 0.338 e. The predicted molar refractivity (Wildman–Crippen MR) is 55.5 cm³/mol. The normalized spacial score (nSPS) is 19.6. The van der Waals surface area contributed by atoms with Crippen molar-refractivity contribution in [3.05, 3.63) is 17.8 Å². The summed E-state index contributed by atoms with van der Waals surface area (Å²) in [6.45, 7) is 1.13. The molecule has 6 nitrogen and oxygen atoms in total. The standard InChI is InChI=1S/C10H12N2O4/c11-8-7(10(13)14)1-3-12-9(8)16-6-2-4-15-5-6/h1,3,6H,2,4-5,11H2,(H,13,14). The summed E-state index contributed by atoms with van der Waals surface area (Å²) in [4.78, 5) is 14.7. The molecule has 1 aromatic heterocycles.